The summed E-state index contributed by atoms with van der Waals surface area (Å²) in [5, 5.41) is 9.94. The predicted molar refractivity (Wildman–Crippen MR) is 92.1 cm³/mol. The minimum absolute atomic E-state index is 0.0207. The molecule has 0 saturated heterocycles. The lowest BCUT2D eigenvalue weighted by Crippen LogP contribution is -2.52. The Hall–Kier alpha value is -1.09. The molecule has 1 saturated carbocycles. The number of hydrogen-bond donors (Lipinski definition) is 1. The number of aryl methyl sites for hydroxylation is 1. The largest absolute Gasteiger partial charge is 0.472 e. The van der Waals surface area contributed by atoms with Gasteiger partial charge in [-0.05, 0) is 61.0 Å². The van der Waals surface area contributed by atoms with E-state index in [1.807, 2.05) is 6.07 Å². The molecule has 4 unspecified atom stereocenters. The van der Waals surface area contributed by atoms with Crippen LogP contribution in [0.25, 0.3) is 0 Å². The Bertz CT molecular complexity index is 515. The first-order chi connectivity index (χ1) is 10.7. The number of hydrogen-bond acceptors (Lipinski definition) is 3. The average molecular weight is 320 g/mol. The number of Topliss-reactive ketones (excluding diaryl/α,β-unsaturated/α-hetero) is 1. The number of aliphatic hydroxyl groups is 1. The van der Waals surface area contributed by atoms with E-state index in [1.165, 1.54) is 5.56 Å². The maximum Gasteiger partial charge on any atom is 0.165 e. The van der Waals surface area contributed by atoms with Gasteiger partial charge in [-0.1, -0.05) is 34.1 Å². The second-order valence-corrected chi connectivity index (χ2v) is 8.43. The third-order valence-corrected chi connectivity index (χ3v) is 6.25. The lowest BCUT2D eigenvalue weighted by Gasteiger charge is -2.53. The number of ketones is 1. The molecule has 1 heterocycles. The van der Waals surface area contributed by atoms with Crippen molar-refractivity contribution in [3.63, 3.8) is 0 Å². The van der Waals surface area contributed by atoms with Crippen molar-refractivity contribution in [3.8, 4) is 0 Å². The van der Waals surface area contributed by atoms with E-state index < -0.39 is 6.10 Å². The zero-order valence-electron chi connectivity index (χ0n) is 15.3. The fourth-order valence-electron chi connectivity index (χ4n) is 4.74. The van der Waals surface area contributed by atoms with Crippen LogP contribution in [0.4, 0.5) is 0 Å². The van der Waals surface area contributed by atoms with E-state index in [0.29, 0.717) is 5.92 Å². The van der Waals surface area contributed by atoms with Gasteiger partial charge in [-0.15, -0.1) is 0 Å². The molecule has 0 aliphatic heterocycles. The van der Waals surface area contributed by atoms with Gasteiger partial charge < -0.3 is 9.52 Å². The smallest absolute Gasteiger partial charge is 0.165 e. The van der Waals surface area contributed by atoms with Crippen molar-refractivity contribution >= 4 is 5.78 Å². The van der Waals surface area contributed by atoms with E-state index in [4.69, 9.17) is 4.42 Å². The number of rotatable bonds is 6. The summed E-state index contributed by atoms with van der Waals surface area (Å²) >= 11 is 0. The van der Waals surface area contributed by atoms with Crippen LogP contribution in [0.3, 0.4) is 0 Å². The molecule has 0 radical (unpaired) electrons. The number of furan rings is 1. The van der Waals surface area contributed by atoms with E-state index in [9.17, 15) is 9.90 Å². The third-order valence-electron chi connectivity index (χ3n) is 6.25. The Morgan fingerprint density at radius 3 is 2.61 bits per heavy atom. The maximum atomic E-state index is 12.8. The summed E-state index contributed by atoms with van der Waals surface area (Å²) in [7, 11) is 0. The second-order valence-electron chi connectivity index (χ2n) is 8.43. The molecular weight excluding hydrogens is 288 g/mol. The van der Waals surface area contributed by atoms with Gasteiger partial charge in [0, 0.05) is 5.92 Å². The normalized spacial score (nSPS) is 29.9. The fraction of sp³-hybridized carbons (Fsp3) is 0.750. The summed E-state index contributed by atoms with van der Waals surface area (Å²) < 4.78 is 5.15. The first kappa shape index (κ1) is 18.3. The third kappa shape index (κ3) is 3.71. The zero-order valence-corrected chi connectivity index (χ0v) is 15.3. The minimum Gasteiger partial charge on any atom is -0.472 e. The highest BCUT2D eigenvalue weighted by molar-refractivity contribution is 5.86. The molecule has 3 nitrogen and oxygen atoms in total. The van der Waals surface area contributed by atoms with E-state index in [-0.39, 0.29) is 22.5 Å². The summed E-state index contributed by atoms with van der Waals surface area (Å²) in [6.45, 7) is 10.5. The van der Waals surface area contributed by atoms with Gasteiger partial charge >= 0.3 is 0 Å². The van der Waals surface area contributed by atoms with Gasteiger partial charge in [-0.25, -0.2) is 0 Å². The molecule has 4 atom stereocenters. The quantitative estimate of drug-likeness (QED) is 0.831. The second kappa shape index (κ2) is 6.80. The molecule has 0 bridgehead atoms. The zero-order chi connectivity index (χ0) is 17.3. The molecule has 130 valence electrons. The Morgan fingerprint density at radius 2 is 2.04 bits per heavy atom. The van der Waals surface area contributed by atoms with Crippen LogP contribution >= 0.6 is 0 Å². The monoisotopic (exact) mass is 320 g/mol. The van der Waals surface area contributed by atoms with Gasteiger partial charge in [0.2, 0.25) is 0 Å². The number of aliphatic hydroxyl groups excluding tert-OH is 1. The molecule has 0 spiro atoms. The Balaban J connectivity index is 2.21. The van der Waals surface area contributed by atoms with Crippen molar-refractivity contribution in [1.82, 2.24) is 0 Å². The van der Waals surface area contributed by atoms with Crippen molar-refractivity contribution in [2.24, 2.45) is 22.7 Å². The molecule has 1 aliphatic carbocycles. The summed E-state index contributed by atoms with van der Waals surface area (Å²) in [4.78, 5) is 12.8. The standard InChI is InChI=1S/C20H32O3/c1-14(7-8-16-9-12-23-13-16)20(5)11-6-10-19(3,4)18(20)17(22)15(2)21/h9,12-15,18,21H,6-8,10-11H2,1-5H3. The molecule has 1 N–H and O–H groups in total. The maximum absolute atomic E-state index is 12.8. The number of carbonyl (C=O) groups excluding carboxylic acids is 1. The van der Waals surface area contributed by atoms with Crippen molar-refractivity contribution in [2.75, 3.05) is 0 Å². The SMILES string of the molecule is CC(O)C(=O)C1C(C)(C)CCCC1(C)C(C)CCc1ccoc1. The van der Waals surface area contributed by atoms with Crippen LogP contribution in [-0.4, -0.2) is 17.0 Å². The van der Waals surface area contributed by atoms with Gasteiger partial charge in [0.15, 0.2) is 5.78 Å². The van der Waals surface area contributed by atoms with Gasteiger partial charge in [0.1, 0.15) is 6.10 Å². The number of carbonyl (C=O) groups is 1. The summed E-state index contributed by atoms with van der Waals surface area (Å²) in [6.07, 6.45) is 7.93. The minimum atomic E-state index is -0.877. The van der Waals surface area contributed by atoms with Crippen LogP contribution in [0.1, 0.15) is 65.9 Å². The van der Waals surface area contributed by atoms with Crippen LogP contribution in [0.5, 0.6) is 0 Å². The summed E-state index contributed by atoms with van der Waals surface area (Å²) in [5.41, 5.74) is 1.11. The van der Waals surface area contributed by atoms with Crippen LogP contribution in [0, 0.1) is 22.7 Å². The van der Waals surface area contributed by atoms with E-state index >= 15 is 0 Å². The highest BCUT2D eigenvalue weighted by Crippen LogP contribution is 2.56. The highest BCUT2D eigenvalue weighted by atomic mass is 16.3. The van der Waals surface area contributed by atoms with Crippen LogP contribution in [0.15, 0.2) is 23.0 Å². The van der Waals surface area contributed by atoms with E-state index in [2.05, 4.69) is 27.7 Å². The van der Waals surface area contributed by atoms with Crippen molar-refractivity contribution in [3.05, 3.63) is 24.2 Å². The van der Waals surface area contributed by atoms with Gasteiger partial charge in [0.05, 0.1) is 12.5 Å². The lowest BCUT2D eigenvalue weighted by atomic mass is 9.50. The summed E-state index contributed by atoms with van der Waals surface area (Å²) in [5.74, 6) is 0.361. The molecule has 2 rings (SSSR count). The highest BCUT2D eigenvalue weighted by Gasteiger charge is 2.52. The van der Waals surface area contributed by atoms with Crippen molar-refractivity contribution in [1.29, 1.82) is 0 Å². The Kier molecular flexibility index (Phi) is 5.40. The molecule has 1 aliphatic rings. The first-order valence-electron chi connectivity index (χ1n) is 8.91. The topological polar surface area (TPSA) is 50.4 Å². The Labute approximate surface area is 140 Å². The van der Waals surface area contributed by atoms with Crippen LogP contribution < -0.4 is 0 Å². The molecular formula is C20H32O3. The van der Waals surface area contributed by atoms with Crippen LogP contribution in [-0.2, 0) is 11.2 Å². The van der Waals surface area contributed by atoms with Gasteiger partial charge in [0.25, 0.3) is 0 Å². The van der Waals surface area contributed by atoms with Gasteiger partial charge in [-0.3, -0.25) is 4.79 Å². The van der Waals surface area contributed by atoms with E-state index in [1.54, 1.807) is 19.5 Å². The summed E-state index contributed by atoms with van der Waals surface area (Å²) in [6, 6.07) is 2.01. The Morgan fingerprint density at radius 1 is 1.35 bits per heavy atom. The first-order valence-corrected chi connectivity index (χ1v) is 8.91. The fourth-order valence-corrected chi connectivity index (χ4v) is 4.74. The van der Waals surface area contributed by atoms with Crippen molar-refractivity contribution < 1.29 is 14.3 Å². The van der Waals surface area contributed by atoms with E-state index in [0.717, 1.165) is 32.1 Å². The molecule has 0 amide bonds. The molecule has 1 aromatic heterocycles. The van der Waals surface area contributed by atoms with Crippen molar-refractivity contribution in [2.45, 2.75) is 72.8 Å². The lowest BCUT2D eigenvalue weighted by molar-refractivity contribution is -0.148. The molecule has 1 aromatic rings. The molecule has 3 heteroatoms. The molecule has 0 aromatic carbocycles. The van der Waals surface area contributed by atoms with Gasteiger partial charge in [-0.2, -0.15) is 0 Å². The average Bonchev–Trinajstić information content (AvgIpc) is 2.96. The molecule has 23 heavy (non-hydrogen) atoms. The predicted octanol–water partition coefficient (Wildman–Crippen LogP) is 4.63. The molecule has 1 fully saturated rings. The van der Waals surface area contributed by atoms with Crippen LogP contribution in [0.2, 0.25) is 0 Å².